The molecule has 0 aromatic carbocycles. The molecular formula is C8H9ClN2O2. The van der Waals surface area contributed by atoms with Gasteiger partial charge in [0.1, 0.15) is 6.07 Å². The van der Waals surface area contributed by atoms with Gasteiger partial charge in [0.15, 0.2) is 0 Å². The van der Waals surface area contributed by atoms with Gasteiger partial charge >= 0.3 is 0 Å². The van der Waals surface area contributed by atoms with Crippen LogP contribution in [0.5, 0.6) is 0 Å². The molecule has 0 aliphatic rings. The smallest absolute Gasteiger partial charge is 0.292 e. The Morgan fingerprint density at radius 2 is 2.31 bits per heavy atom. The molecule has 0 aliphatic carbocycles. The third-order valence-electron chi connectivity index (χ3n) is 0.887. The first-order valence-electron chi connectivity index (χ1n) is 3.11. The first-order valence-corrected chi connectivity index (χ1v) is 3.11. The van der Waals surface area contributed by atoms with Gasteiger partial charge in [-0.2, -0.15) is 5.26 Å². The molecular weight excluding hydrogens is 192 g/mol. The lowest BCUT2D eigenvalue weighted by atomic mass is 10.3. The number of carbonyl (C=O) groups is 1. The van der Waals surface area contributed by atoms with Crippen molar-refractivity contribution in [3.63, 3.8) is 0 Å². The summed E-state index contributed by atoms with van der Waals surface area (Å²) in [6.45, 7) is 0.375. The minimum Gasteiger partial charge on any atom is -0.471 e. The molecule has 0 radical (unpaired) electrons. The molecule has 1 heterocycles. The third kappa shape index (κ3) is 8.30. The number of hydrogen-bond donors (Lipinski definition) is 0. The summed E-state index contributed by atoms with van der Waals surface area (Å²) in [7, 11) is 1.31. The lowest BCUT2D eigenvalue weighted by Crippen LogP contribution is -1.72. The van der Waals surface area contributed by atoms with Gasteiger partial charge in [-0.3, -0.25) is 9.78 Å². The highest BCUT2D eigenvalue weighted by Gasteiger charge is 1.80. The Morgan fingerprint density at radius 1 is 1.69 bits per heavy atom. The molecule has 1 rings (SSSR count). The normalized spacial score (nSPS) is 6.46. The number of methoxy groups -OCH3 is 1. The Hall–Kier alpha value is -1.60. The van der Waals surface area contributed by atoms with Crippen LogP contribution < -0.4 is 0 Å². The predicted molar refractivity (Wildman–Crippen MR) is 49.3 cm³/mol. The number of halogens is 1. The number of nitriles is 1. The maximum atomic E-state index is 8.95. The Bertz CT molecular complexity index is 259. The van der Waals surface area contributed by atoms with Gasteiger partial charge in [0, 0.05) is 12.4 Å². The molecule has 0 saturated heterocycles. The molecule has 4 nitrogen and oxygen atoms in total. The summed E-state index contributed by atoms with van der Waals surface area (Å²) in [4.78, 5) is 12.7. The lowest BCUT2D eigenvalue weighted by Gasteiger charge is -1.79. The molecule has 5 heteroatoms. The van der Waals surface area contributed by atoms with Gasteiger partial charge in [-0.05, 0) is 12.1 Å². The van der Waals surface area contributed by atoms with E-state index in [1.54, 1.807) is 18.3 Å². The summed E-state index contributed by atoms with van der Waals surface area (Å²) in [6.07, 6.45) is 3.17. The molecule has 0 saturated carbocycles. The summed E-state index contributed by atoms with van der Waals surface area (Å²) in [5.41, 5.74) is 0.604. The van der Waals surface area contributed by atoms with E-state index in [4.69, 9.17) is 10.1 Å². The maximum Gasteiger partial charge on any atom is 0.292 e. The van der Waals surface area contributed by atoms with Crippen molar-refractivity contribution in [2.24, 2.45) is 0 Å². The molecule has 1 aromatic heterocycles. The van der Waals surface area contributed by atoms with Crippen LogP contribution in [0, 0.1) is 11.3 Å². The summed E-state index contributed by atoms with van der Waals surface area (Å²) < 4.78 is 3.86. The number of pyridine rings is 1. The van der Waals surface area contributed by atoms with E-state index >= 15 is 0 Å². The van der Waals surface area contributed by atoms with Crippen molar-refractivity contribution < 1.29 is 9.53 Å². The number of aromatic nitrogens is 1. The van der Waals surface area contributed by atoms with E-state index in [9.17, 15) is 0 Å². The average Bonchev–Trinajstić information content (AvgIpc) is 2.19. The van der Waals surface area contributed by atoms with Gasteiger partial charge in [-0.25, -0.2) is 0 Å². The second kappa shape index (κ2) is 10.4. The van der Waals surface area contributed by atoms with Crippen LogP contribution in [0.2, 0.25) is 0 Å². The topological polar surface area (TPSA) is 63.0 Å². The third-order valence-corrected chi connectivity index (χ3v) is 0.887. The second-order valence-electron chi connectivity index (χ2n) is 1.69. The maximum absolute atomic E-state index is 8.95. The summed E-state index contributed by atoms with van der Waals surface area (Å²) in [5.74, 6) is 0. The van der Waals surface area contributed by atoms with Crippen molar-refractivity contribution in [1.29, 1.82) is 5.26 Å². The predicted octanol–water partition coefficient (Wildman–Crippen LogP) is 1.16. The van der Waals surface area contributed by atoms with E-state index in [1.807, 2.05) is 6.07 Å². The minimum atomic E-state index is 0. The van der Waals surface area contributed by atoms with Crippen LogP contribution in [0.15, 0.2) is 24.5 Å². The van der Waals surface area contributed by atoms with Crippen LogP contribution >= 0.6 is 12.4 Å². The molecule has 0 fully saturated rings. The molecule has 0 amide bonds. The Labute approximate surface area is 82.6 Å². The van der Waals surface area contributed by atoms with Crippen LogP contribution in [0.1, 0.15) is 5.56 Å². The molecule has 0 N–H and O–H groups in total. The van der Waals surface area contributed by atoms with E-state index in [0.29, 0.717) is 12.0 Å². The highest BCUT2D eigenvalue weighted by Crippen LogP contribution is 1.89. The molecule has 13 heavy (non-hydrogen) atoms. The van der Waals surface area contributed by atoms with Gasteiger partial charge in [0.05, 0.1) is 12.7 Å². The molecule has 1 aromatic rings. The highest BCUT2D eigenvalue weighted by molar-refractivity contribution is 5.85. The van der Waals surface area contributed by atoms with Crippen LogP contribution in [0.3, 0.4) is 0 Å². The van der Waals surface area contributed by atoms with E-state index in [-0.39, 0.29) is 12.4 Å². The van der Waals surface area contributed by atoms with Crippen molar-refractivity contribution in [1.82, 2.24) is 4.98 Å². The van der Waals surface area contributed by atoms with Crippen molar-refractivity contribution >= 4 is 18.9 Å². The van der Waals surface area contributed by atoms with Crippen molar-refractivity contribution in [3.8, 4) is 6.07 Å². The van der Waals surface area contributed by atoms with E-state index < -0.39 is 0 Å². The summed E-state index contributed by atoms with van der Waals surface area (Å²) >= 11 is 0. The minimum absolute atomic E-state index is 0. The van der Waals surface area contributed by atoms with Crippen molar-refractivity contribution in [3.05, 3.63) is 30.1 Å². The fourth-order valence-electron chi connectivity index (χ4n) is 0.429. The van der Waals surface area contributed by atoms with Crippen LogP contribution in [0.4, 0.5) is 0 Å². The molecule has 70 valence electrons. The number of rotatable bonds is 1. The summed E-state index contributed by atoms with van der Waals surface area (Å²) in [6, 6.07) is 5.41. The van der Waals surface area contributed by atoms with E-state index in [1.165, 1.54) is 13.3 Å². The van der Waals surface area contributed by atoms with Crippen LogP contribution in [-0.4, -0.2) is 18.6 Å². The molecule has 0 atom stereocenters. The second-order valence-corrected chi connectivity index (χ2v) is 1.69. The zero-order valence-corrected chi connectivity index (χ0v) is 7.82. The van der Waals surface area contributed by atoms with E-state index in [0.717, 1.165) is 0 Å². The largest absolute Gasteiger partial charge is 0.471 e. The average molecular weight is 201 g/mol. The number of ether oxygens (including phenoxy) is 1. The number of carbonyl (C=O) groups excluding carboxylic acids is 1. The van der Waals surface area contributed by atoms with Crippen molar-refractivity contribution in [2.45, 2.75) is 0 Å². The Morgan fingerprint density at radius 3 is 2.54 bits per heavy atom. The van der Waals surface area contributed by atoms with Crippen molar-refractivity contribution in [2.75, 3.05) is 7.11 Å². The molecule has 0 unspecified atom stereocenters. The first kappa shape index (κ1) is 14.0. The highest BCUT2D eigenvalue weighted by atomic mass is 35.5. The SMILES string of the molecule is COC=O.Cl.N#Cc1cccnc1. The zero-order valence-electron chi connectivity index (χ0n) is 7.01. The number of nitrogens with zero attached hydrogens (tertiary/aromatic N) is 2. The van der Waals surface area contributed by atoms with Gasteiger partial charge in [0.2, 0.25) is 0 Å². The molecule has 0 spiro atoms. The summed E-state index contributed by atoms with van der Waals surface area (Å²) in [5, 5.41) is 8.25. The van der Waals surface area contributed by atoms with Gasteiger partial charge in [0.25, 0.3) is 6.47 Å². The quantitative estimate of drug-likeness (QED) is 0.639. The molecule has 0 bridgehead atoms. The number of hydrogen-bond acceptors (Lipinski definition) is 4. The van der Waals surface area contributed by atoms with Gasteiger partial charge < -0.3 is 4.74 Å². The lowest BCUT2D eigenvalue weighted by molar-refractivity contribution is -0.126. The standard InChI is InChI=1S/C6H4N2.C2H4O2.ClH/c7-4-6-2-1-3-8-5-6;1-4-2-3;/h1-3,5H;2H,1H3;1H. The fraction of sp³-hybridized carbons (Fsp3) is 0.125. The zero-order chi connectivity index (χ0) is 9.23. The van der Waals surface area contributed by atoms with Crippen LogP contribution in [-0.2, 0) is 9.53 Å². The fourth-order valence-corrected chi connectivity index (χ4v) is 0.429. The molecule has 0 aliphatic heterocycles. The first-order chi connectivity index (χ1) is 5.85. The van der Waals surface area contributed by atoms with Gasteiger partial charge in [-0.15, -0.1) is 12.4 Å². The van der Waals surface area contributed by atoms with Crippen LogP contribution in [0.25, 0.3) is 0 Å². The monoisotopic (exact) mass is 200 g/mol. The van der Waals surface area contributed by atoms with Gasteiger partial charge in [-0.1, -0.05) is 0 Å². The van der Waals surface area contributed by atoms with E-state index in [2.05, 4.69) is 9.72 Å². The Balaban J connectivity index is 0. The Kier molecular flexibility index (Phi) is 11.2.